The van der Waals surface area contributed by atoms with Gasteiger partial charge in [0.15, 0.2) is 0 Å². The Balaban J connectivity index is 2.10. The zero-order chi connectivity index (χ0) is 17.0. The molecular weight excluding hydrogens is 308 g/mol. The number of nitro groups is 1. The van der Waals surface area contributed by atoms with Crippen molar-refractivity contribution in [3.05, 3.63) is 46.3 Å². The van der Waals surface area contributed by atoms with Crippen molar-refractivity contribution in [1.82, 2.24) is 9.78 Å². The monoisotopic (exact) mass is 320 g/mol. The molecule has 0 fully saturated rings. The Morgan fingerprint density at radius 1 is 1.48 bits per heavy atom. The number of carbonyl (C=O) groups is 2. The Labute approximate surface area is 129 Å². The number of nitro benzene ring substituents is 1. The lowest BCUT2D eigenvalue weighted by molar-refractivity contribution is -0.384. The van der Waals surface area contributed by atoms with Crippen LogP contribution in [-0.2, 0) is 11.3 Å². The van der Waals surface area contributed by atoms with Crippen LogP contribution in [0.2, 0.25) is 0 Å². The highest BCUT2D eigenvalue weighted by Gasteiger charge is 2.14. The summed E-state index contributed by atoms with van der Waals surface area (Å²) < 4.78 is 6.17. The van der Waals surface area contributed by atoms with Gasteiger partial charge in [-0.15, -0.1) is 0 Å². The number of aromatic nitrogens is 2. The number of aromatic carboxylic acids is 1. The fraction of sp³-hybridized carbons (Fsp3) is 0.154. The molecule has 1 aromatic heterocycles. The number of carbonyl (C=O) groups excluding carboxylic acids is 1. The number of nitrogens with one attached hydrogen (secondary N) is 1. The molecule has 0 saturated carbocycles. The highest BCUT2D eigenvalue weighted by molar-refractivity contribution is 5.92. The van der Waals surface area contributed by atoms with E-state index in [0.29, 0.717) is 0 Å². The molecule has 10 heteroatoms. The van der Waals surface area contributed by atoms with Gasteiger partial charge in [-0.05, 0) is 6.07 Å². The van der Waals surface area contributed by atoms with Crippen LogP contribution in [0.15, 0.2) is 30.6 Å². The second-order valence-electron chi connectivity index (χ2n) is 4.42. The van der Waals surface area contributed by atoms with Gasteiger partial charge >= 0.3 is 5.97 Å². The molecule has 2 rings (SSSR count). The highest BCUT2D eigenvalue weighted by atomic mass is 16.6. The van der Waals surface area contributed by atoms with Crippen molar-refractivity contribution in [2.75, 3.05) is 12.4 Å². The summed E-state index contributed by atoms with van der Waals surface area (Å²) in [4.78, 5) is 32.8. The fourth-order valence-electron chi connectivity index (χ4n) is 1.79. The van der Waals surface area contributed by atoms with E-state index in [1.165, 1.54) is 31.5 Å². The lowest BCUT2D eigenvalue weighted by atomic mass is 10.2. The van der Waals surface area contributed by atoms with Gasteiger partial charge in [0, 0.05) is 12.3 Å². The van der Waals surface area contributed by atoms with Crippen molar-refractivity contribution in [2.45, 2.75) is 6.54 Å². The first-order valence-electron chi connectivity index (χ1n) is 6.28. The molecule has 0 aliphatic heterocycles. The summed E-state index contributed by atoms with van der Waals surface area (Å²) in [5.74, 6) is -1.50. The molecule has 1 aromatic carbocycles. The first kappa shape index (κ1) is 15.9. The number of nitrogens with zero attached hydrogens (tertiary/aromatic N) is 3. The molecule has 0 spiro atoms. The van der Waals surface area contributed by atoms with Crippen LogP contribution in [0.3, 0.4) is 0 Å². The Morgan fingerprint density at radius 2 is 2.22 bits per heavy atom. The minimum Gasteiger partial charge on any atom is -0.494 e. The van der Waals surface area contributed by atoms with E-state index in [9.17, 15) is 19.7 Å². The van der Waals surface area contributed by atoms with E-state index in [0.717, 1.165) is 10.9 Å². The van der Waals surface area contributed by atoms with Crippen LogP contribution >= 0.6 is 0 Å². The molecule has 0 aliphatic carbocycles. The van der Waals surface area contributed by atoms with Crippen molar-refractivity contribution >= 4 is 23.3 Å². The van der Waals surface area contributed by atoms with E-state index < -0.39 is 16.8 Å². The molecule has 2 N–H and O–H groups in total. The van der Waals surface area contributed by atoms with Crippen LogP contribution in [0.1, 0.15) is 10.4 Å². The van der Waals surface area contributed by atoms with Gasteiger partial charge in [0.05, 0.1) is 35.5 Å². The van der Waals surface area contributed by atoms with E-state index in [2.05, 4.69) is 10.4 Å². The van der Waals surface area contributed by atoms with Crippen LogP contribution in [0, 0.1) is 10.1 Å². The van der Waals surface area contributed by atoms with Gasteiger partial charge in [0.1, 0.15) is 12.3 Å². The van der Waals surface area contributed by atoms with Crippen LogP contribution in [-0.4, -0.2) is 38.8 Å². The number of amides is 1. The zero-order valence-corrected chi connectivity index (χ0v) is 11.9. The van der Waals surface area contributed by atoms with E-state index in [1.807, 2.05) is 0 Å². The smallest absolute Gasteiger partial charge is 0.338 e. The summed E-state index contributed by atoms with van der Waals surface area (Å²) in [6.07, 6.45) is 2.34. The van der Waals surface area contributed by atoms with E-state index in [1.54, 1.807) is 0 Å². The Bertz CT molecular complexity index is 770. The van der Waals surface area contributed by atoms with Gasteiger partial charge in [-0.3, -0.25) is 19.6 Å². The first-order valence-corrected chi connectivity index (χ1v) is 6.28. The maximum atomic E-state index is 11.9. The summed E-state index contributed by atoms with van der Waals surface area (Å²) in [5.41, 5.74) is 0.0532. The van der Waals surface area contributed by atoms with Crippen molar-refractivity contribution in [3.8, 4) is 5.75 Å². The predicted octanol–water partition coefficient (Wildman–Crippen LogP) is 1.14. The third kappa shape index (κ3) is 3.81. The second kappa shape index (κ2) is 6.56. The lowest BCUT2D eigenvalue weighted by Gasteiger charge is -2.10. The number of hydrogen-bond acceptors (Lipinski definition) is 6. The predicted molar refractivity (Wildman–Crippen MR) is 77.5 cm³/mol. The second-order valence-corrected chi connectivity index (χ2v) is 4.42. The van der Waals surface area contributed by atoms with Crippen molar-refractivity contribution in [1.29, 1.82) is 0 Å². The molecule has 120 valence electrons. The number of rotatable bonds is 6. The number of carboxylic acid groups (broad SMARTS) is 1. The maximum Gasteiger partial charge on any atom is 0.338 e. The van der Waals surface area contributed by atoms with Gasteiger partial charge in [-0.2, -0.15) is 5.10 Å². The van der Waals surface area contributed by atoms with Crippen LogP contribution < -0.4 is 10.1 Å². The summed E-state index contributed by atoms with van der Waals surface area (Å²) in [6, 6.07) is 3.77. The standard InChI is InChI=1S/C13H12N4O6/c1-23-11-4-9(17(21)22)2-3-10(11)15-12(18)7-16-6-8(5-14-16)13(19)20/h2-6H,7H2,1H3,(H,15,18)(H,19,20). The lowest BCUT2D eigenvalue weighted by Crippen LogP contribution is -2.19. The first-order chi connectivity index (χ1) is 10.9. The molecule has 0 radical (unpaired) electrons. The summed E-state index contributed by atoms with van der Waals surface area (Å²) >= 11 is 0. The molecule has 10 nitrogen and oxygen atoms in total. The molecule has 0 aliphatic rings. The van der Waals surface area contributed by atoms with Gasteiger partial charge < -0.3 is 15.2 Å². The molecule has 0 bridgehead atoms. The largest absolute Gasteiger partial charge is 0.494 e. The minimum atomic E-state index is -1.14. The average Bonchev–Trinajstić information content (AvgIpc) is 2.96. The molecule has 0 saturated heterocycles. The molecule has 23 heavy (non-hydrogen) atoms. The van der Waals surface area contributed by atoms with Gasteiger partial charge in [-0.25, -0.2) is 4.79 Å². The van der Waals surface area contributed by atoms with E-state index in [-0.39, 0.29) is 29.2 Å². The Hall–Kier alpha value is -3.43. The zero-order valence-electron chi connectivity index (χ0n) is 11.9. The number of anilines is 1. The summed E-state index contributed by atoms with van der Waals surface area (Å²) in [7, 11) is 1.32. The number of ether oxygens (including phenoxy) is 1. The Kier molecular flexibility index (Phi) is 4.55. The topological polar surface area (TPSA) is 137 Å². The number of benzene rings is 1. The average molecular weight is 320 g/mol. The molecule has 1 amide bonds. The number of non-ortho nitro benzene ring substituents is 1. The third-order valence-corrected chi connectivity index (χ3v) is 2.86. The quantitative estimate of drug-likeness (QED) is 0.601. The number of carboxylic acids is 1. The van der Waals surface area contributed by atoms with Crippen molar-refractivity contribution in [3.63, 3.8) is 0 Å². The molecule has 0 atom stereocenters. The molecule has 1 heterocycles. The number of methoxy groups -OCH3 is 1. The highest BCUT2D eigenvalue weighted by Crippen LogP contribution is 2.28. The molecule has 2 aromatic rings. The van der Waals surface area contributed by atoms with Crippen LogP contribution in [0.4, 0.5) is 11.4 Å². The minimum absolute atomic E-state index is 0.0364. The molecule has 0 unspecified atom stereocenters. The van der Waals surface area contributed by atoms with Crippen molar-refractivity contribution in [2.24, 2.45) is 0 Å². The molecular formula is C13H12N4O6. The number of hydrogen-bond donors (Lipinski definition) is 2. The van der Waals surface area contributed by atoms with Crippen LogP contribution in [0.25, 0.3) is 0 Å². The SMILES string of the molecule is COc1cc([N+](=O)[O-])ccc1NC(=O)Cn1cc(C(=O)O)cn1. The van der Waals surface area contributed by atoms with Gasteiger partial charge in [0.25, 0.3) is 5.69 Å². The van der Waals surface area contributed by atoms with Crippen molar-refractivity contribution < 1.29 is 24.4 Å². The third-order valence-electron chi connectivity index (χ3n) is 2.86. The normalized spacial score (nSPS) is 10.1. The van der Waals surface area contributed by atoms with Gasteiger partial charge in [0.2, 0.25) is 5.91 Å². The fourth-order valence-corrected chi connectivity index (χ4v) is 1.79. The van der Waals surface area contributed by atoms with Crippen LogP contribution in [0.5, 0.6) is 5.75 Å². The van der Waals surface area contributed by atoms with E-state index >= 15 is 0 Å². The Morgan fingerprint density at radius 3 is 2.78 bits per heavy atom. The maximum absolute atomic E-state index is 11.9. The van der Waals surface area contributed by atoms with E-state index in [4.69, 9.17) is 9.84 Å². The summed E-state index contributed by atoms with van der Waals surface area (Å²) in [6.45, 7) is -0.215. The van der Waals surface area contributed by atoms with Gasteiger partial charge in [-0.1, -0.05) is 0 Å². The summed E-state index contributed by atoms with van der Waals surface area (Å²) in [5, 5.41) is 25.8.